The minimum absolute atomic E-state index is 0.0181. The van der Waals surface area contributed by atoms with Crippen LogP contribution in [0.5, 0.6) is 0 Å². The summed E-state index contributed by atoms with van der Waals surface area (Å²) >= 11 is 1.28. The van der Waals surface area contributed by atoms with Gasteiger partial charge < -0.3 is 14.3 Å². The Morgan fingerprint density at radius 2 is 1.91 bits per heavy atom. The number of fused-ring (bicyclic) bond motifs is 2. The molecule has 162 valence electrons. The molecule has 0 radical (unpaired) electrons. The normalized spacial score (nSPS) is 17.1. The van der Waals surface area contributed by atoms with E-state index in [1.165, 1.54) is 17.3 Å². The highest BCUT2D eigenvalue weighted by Gasteiger charge is 2.38. The number of aromatic nitrogens is 3. The topological polar surface area (TPSA) is 75.0 Å². The van der Waals surface area contributed by atoms with Crippen molar-refractivity contribution in [3.05, 3.63) is 72.1 Å². The molecule has 0 amide bonds. The number of para-hydroxylation sites is 2. The molecule has 7 heteroatoms. The summed E-state index contributed by atoms with van der Waals surface area (Å²) in [5, 5.41) is 9.40. The van der Waals surface area contributed by atoms with Gasteiger partial charge in [-0.25, -0.2) is 0 Å². The summed E-state index contributed by atoms with van der Waals surface area (Å²) in [6.07, 6.45) is 3.62. The van der Waals surface area contributed by atoms with E-state index in [0.29, 0.717) is 11.1 Å². The van der Waals surface area contributed by atoms with Crippen molar-refractivity contribution < 1.29 is 9.21 Å². The molecular weight excluding hydrogens is 420 g/mol. The van der Waals surface area contributed by atoms with Crippen LogP contribution in [-0.2, 0) is 10.2 Å². The first-order chi connectivity index (χ1) is 15.4. The van der Waals surface area contributed by atoms with Gasteiger partial charge in [0.05, 0.1) is 10.8 Å². The zero-order chi connectivity index (χ0) is 22.5. The van der Waals surface area contributed by atoms with Gasteiger partial charge in [0, 0.05) is 47.0 Å². The average Bonchev–Trinajstić information content (AvgIpc) is 3.47. The molecular formula is C25H24N4O2S. The number of allylic oxidation sites excluding steroid dienone is 2. The van der Waals surface area contributed by atoms with Crippen LogP contribution >= 0.6 is 11.8 Å². The van der Waals surface area contributed by atoms with E-state index in [1.807, 2.05) is 56.6 Å². The smallest absolute Gasteiger partial charge is 0.277 e. The van der Waals surface area contributed by atoms with E-state index in [0.717, 1.165) is 27.9 Å². The number of benzene rings is 2. The Bertz CT molecular complexity index is 1350. The van der Waals surface area contributed by atoms with Crippen molar-refractivity contribution in [3.8, 4) is 11.5 Å². The average molecular weight is 445 g/mol. The number of hydrogen-bond donors (Lipinski definition) is 1. The summed E-state index contributed by atoms with van der Waals surface area (Å²) in [7, 11) is 2.01. The lowest BCUT2D eigenvalue weighted by Gasteiger charge is -2.24. The monoisotopic (exact) mass is 444 g/mol. The number of anilines is 1. The number of nitrogens with one attached hydrogen (secondary N) is 1. The van der Waals surface area contributed by atoms with E-state index in [-0.39, 0.29) is 16.4 Å². The second-order valence-electron chi connectivity index (χ2n) is 8.51. The summed E-state index contributed by atoms with van der Waals surface area (Å²) in [5.41, 5.74) is 4.97. The molecule has 1 unspecified atom stereocenters. The third-order valence-electron chi connectivity index (χ3n) is 6.12. The Morgan fingerprint density at radius 3 is 2.72 bits per heavy atom. The number of rotatable bonds is 5. The highest BCUT2D eigenvalue weighted by Crippen LogP contribution is 2.46. The number of ketones is 1. The van der Waals surface area contributed by atoms with Gasteiger partial charge >= 0.3 is 0 Å². The molecule has 2 aromatic carbocycles. The minimum Gasteiger partial charge on any atom is -0.411 e. The Morgan fingerprint density at radius 1 is 1.16 bits per heavy atom. The zero-order valence-corrected chi connectivity index (χ0v) is 19.2. The van der Waals surface area contributed by atoms with E-state index >= 15 is 0 Å². The van der Waals surface area contributed by atoms with Crippen molar-refractivity contribution >= 4 is 34.1 Å². The first-order valence-corrected chi connectivity index (χ1v) is 11.4. The van der Waals surface area contributed by atoms with Gasteiger partial charge in [0.25, 0.3) is 11.1 Å². The van der Waals surface area contributed by atoms with Gasteiger partial charge in [-0.3, -0.25) is 4.79 Å². The number of nitrogens with zero attached hydrogens (tertiary/aromatic N) is 3. The van der Waals surface area contributed by atoms with E-state index < -0.39 is 0 Å². The molecule has 1 aliphatic rings. The Kier molecular flexibility index (Phi) is 4.93. The van der Waals surface area contributed by atoms with Crippen molar-refractivity contribution in [2.75, 3.05) is 11.9 Å². The minimum atomic E-state index is -0.355. The molecule has 3 heterocycles. The summed E-state index contributed by atoms with van der Waals surface area (Å²) < 4.78 is 5.88. The van der Waals surface area contributed by atoms with Crippen LogP contribution in [0.2, 0.25) is 0 Å². The van der Waals surface area contributed by atoms with Crippen molar-refractivity contribution in [3.63, 3.8) is 0 Å². The van der Waals surface area contributed by atoms with Crippen LogP contribution in [0.3, 0.4) is 0 Å². The van der Waals surface area contributed by atoms with Crippen LogP contribution in [-0.4, -0.2) is 33.3 Å². The Hall–Kier alpha value is -3.32. The fraction of sp³-hybridized carbons (Fsp3) is 0.240. The maximum atomic E-state index is 13.1. The van der Waals surface area contributed by atoms with Gasteiger partial charge in [0.1, 0.15) is 0 Å². The number of likely N-dealkylation sites (N-methyl/N-ethyl adjacent to an activating group) is 1. The maximum absolute atomic E-state index is 13.1. The van der Waals surface area contributed by atoms with Crippen LogP contribution in [0.4, 0.5) is 5.69 Å². The van der Waals surface area contributed by atoms with Crippen molar-refractivity contribution in [1.82, 2.24) is 15.2 Å². The van der Waals surface area contributed by atoms with E-state index in [9.17, 15) is 4.79 Å². The molecule has 2 aromatic heterocycles. The summed E-state index contributed by atoms with van der Waals surface area (Å²) in [5.74, 6) is 0.458. The predicted octanol–water partition coefficient (Wildman–Crippen LogP) is 5.58. The van der Waals surface area contributed by atoms with Crippen molar-refractivity contribution in [1.29, 1.82) is 0 Å². The van der Waals surface area contributed by atoms with E-state index in [1.54, 1.807) is 6.08 Å². The molecule has 5 rings (SSSR count). The highest BCUT2D eigenvalue weighted by atomic mass is 32.2. The van der Waals surface area contributed by atoms with Crippen molar-refractivity contribution in [2.24, 2.45) is 0 Å². The first kappa shape index (κ1) is 20.6. The number of H-pyrrole nitrogens is 1. The zero-order valence-electron chi connectivity index (χ0n) is 18.4. The van der Waals surface area contributed by atoms with E-state index in [4.69, 9.17) is 4.42 Å². The fourth-order valence-corrected chi connectivity index (χ4v) is 5.04. The Labute approximate surface area is 190 Å². The summed E-state index contributed by atoms with van der Waals surface area (Å²) in [6.45, 7) is 6.17. The number of aromatic amines is 1. The quantitative estimate of drug-likeness (QED) is 0.320. The molecule has 6 nitrogen and oxygen atoms in total. The molecule has 0 spiro atoms. The van der Waals surface area contributed by atoms with Crippen LogP contribution in [0.25, 0.3) is 22.4 Å². The third-order valence-corrected chi connectivity index (χ3v) is 7.08. The lowest BCUT2D eigenvalue weighted by molar-refractivity contribution is -0.114. The van der Waals surface area contributed by atoms with Gasteiger partial charge in [-0.2, -0.15) is 0 Å². The maximum Gasteiger partial charge on any atom is 0.277 e. The summed E-state index contributed by atoms with van der Waals surface area (Å²) in [6, 6.07) is 16.2. The molecule has 0 fully saturated rings. The lowest BCUT2D eigenvalue weighted by atomic mass is 9.83. The van der Waals surface area contributed by atoms with Gasteiger partial charge in [-0.1, -0.05) is 62.0 Å². The molecule has 0 saturated heterocycles. The molecule has 4 aromatic rings. The number of carbonyl (C=O) groups excluding carboxylic acids is 1. The number of hydrogen-bond acceptors (Lipinski definition) is 6. The first-order valence-electron chi connectivity index (χ1n) is 10.5. The molecule has 1 atom stereocenters. The second kappa shape index (κ2) is 7.67. The SMILES string of the molecule is CC(Sc1nnc(-c2c[nH]c3ccccc23)o1)C(=O)/C=C1/N(C)c2ccccc2C1(C)C. The largest absolute Gasteiger partial charge is 0.411 e. The lowest BCUT2D eigenvalue weighted by Crippen LogP contribution is -2.25. The number of carbonyl (C=O) groups is 1. The summed E-state index contributed by atoms with van der Waals surface area (Å²) in [4.78, 5) is 18.4. The fourth-order valence-electron chi connectivity index (χ4n) is 4.33. The molecule has 0 saturated carbocycles. The van der Waals surface area contributed by atoms with Gasteiger partial charge in [0.2, 0.25) is 0 Å². The van der Waals surface area contributed by atoms with Gasteiger partial charge in [0.15, 0.2) is 5.78 Å². The standard InChI is InChI=1S/C25H24N4O2S/c1-15(21(30)13-22-25(2,3)18-10-6-8-12-20(18)29(22)4)32-24-28-27-23(31-24)17-14-26-19-11-7-5-9-16(17)19/h5-15,26H,1-4H3/b22-13+. The number of thioether (sulfide) groups is 1. The van der Waals surface area contributed by atoms with Crippen LogP contribution in [0.15, 0.2) is 76.1 Å². The second-order valence-corrected chi connectivity index (χ2v) is 9.81. The van der Waals surface area contributed by atoms with Crippen LogP contribution < -0.4 is 4.90 Å². The highest BCUT2D eigenvalue weighted by molar-refractivity contribution is 8.00. The van der Waals surface area contributed by atoms with Gasteiger partial charge in [-0.15, -0.1) is 10.2 Å². The molecule has 32 heavy (non-hydrogen) atoms. The van der Waals surface area contributed by atoms with E-state index in [2.05, 4.69) is 46.1 Å². The molecule has 0 aliphatic carbocycles. The third kappa shape index (κ3) is 3.33. The van der Waals surface area contributed by atoms with Crippen LogP contribution in [0, 0.1) is 0 Å². The van der Waals surface area contributed by atoms with Crippen LogP contribution in [0.1, 0.15) is 26.3 Å². The van der Waals surface area contributed by atoms with Crippen molar-refractivity contribution in [2.45, 2.75) is 36.7 Å². The molecule has 1 N–H and O–H groups in total. The Balaban J connectivity index is 1.35. The predicted molar refractivity (Wildman–Crippen MR) is 128 cm³/mol. The molecule has 1 aliphatic heterocycles. The molecule has 0 bridgehead atoms. The van der Waals surface area contributed by atoms with Gasteiger partial charge in [-0.05, 0) is 24.6 Å².